The van der Waals surface area contributed by atoms with E-state index in [1.54, 1.807) is 0 Å². The van der Waals surface area contributed by atoms with Crippen LogP contribution in [0.2, 0.25) is 0 Å². The van der Waals surface area contributed by atoms with E-state index in [4.69, 9.17) is 0 Å². The van der Waals surface area contributed by atoms with Crippen molar-refractivity contribution < 1.29 is 0 Å². The van der Waals surface area contributed by atoms with E-state index in [0.29, 0.717) is 0 Å². The molecule has 0 aromatic heterocycles. The summed E-state index contributed by atoms with van der Waals surface area (Å²) in [6.07, 6.45) is 13.9. The number of hydrogen-bond donors (Lipinski definition) is 0. The average molecular weight is 162 g/mol. The molecule has 66 valence electrons. The second-order valence-corrected chi connectivity index (χ2v) is 3.55. The van der Waals surface area contributed by atoms with E-state index in [0.717, 1.165) is 12.8 Å². The highest BCUT2D eigenvalue weighted by Crippen LogP contribution is 2.12. The van der Waals surface area contributed by atoms with Crippen LogP contribution in [0.4, 0.5) is 0 Å². The van der Waals surface area contributed by atoms with Gasteiger partial charge in [0.2, 0.25) is 0 Å². The minimum Gasteiger partial charge on any atom is -0.0850 e. The maximum Gasteiger partial charge on any atom is -0.0141 e. The van der Waals surface area contributed by atoms with Crippen molar-refractivity contribution >= 4 is 0 Å². The van der Waals surface area contributed by atoms with Gasteiger partial charge in [-0.3, -0.25) is 0 Å². The highest BCUT2D eigenvalue weighted by molar-refractivity contribution is 5.10. The van der Waals surface area contributed by atoms with Crippen molar-refractivity contribution in [3.63, 3.8) is 0 Å². The first-order valence-corrected chi connectivity index (χ1v) is 4.75. The van der Waals surface area contributed by atoms with Crippen molar-refractivity contribution in [2.45, 2.75) is 39.5 Å². The summed E-state index contributed by atoms with van der Waals surface area (Å²) in [5.74, 6) is 0. The monoisotopic (exact) mass is 162 g/mol. The molecule has 0 nitrogen and oxygen atoms in total. The van der Waals surface area contributed by atoms with Crippen LogP contribution in [0, 0.1) is 0 Å². The Morgan fingerprint density at radius 1 is 1.00 bits per heavy atom. The van der Waals surface area contributed by atoms with Crippen molar-refractivity contribution in [2.75, 3.05) is 0 Å². The summed E-state index contributed by atoms with van der Waals surface area (Å²) in [5, 5.41) is 0. The molecule has 0 heterocycles. The summed E-state index contributed by atoms with van der Waals surface area (Å²) in [7, 11) is 0. The summed E-state index contributed by atoms with van der Waals surface area (Å²) in [4.78, 5) is 0. The fraction of sp³-hybridized carbons (Fsp3) is 0.500. The third-order valence-corrected chi connectivity index (χ3v) is 2.24. The molecule has 0 spiro atoms. The maximum absolute atomic E-state index is 2.35. The van der Waals surface area contributed by atoms with Crippen LogP contribution in [0.1, 0.15) is 39.5 Å². The predicted octanol–water partition coefficient (Wildman–Crippen LogP) is 4.01. The Bertz CT molecular complexity index is 216. The van der Waals surface area contributed by atoms with Gasteiger partial charge in [-0.05, 0) is 39.5 Å². The first-order valence-electron chi connectivity index (χ1n) is 4.75. The molecule has 0 bridgehead atoms. The SMILES string of the molecule is C/C1=C/CC/C(C)=C\C/C=C\C1. The Morgan fingerprint density at radius 2 is 1.83 bits per heavy atom. The van der Waals surface area contributed by atoms with Gasteiger partial charge in [0.05, 0.1) is 0 Å². The smallest absolute Gasteiger partial charge is 0.0141 e. The van der Waals surface area contributed by atoms with Crippen molar-refractivity contribution in [1.82, 2.24) is 0 Å². The fourth-order valence-corrected chi connectivity index (χ4v) is 1.37. The van der Waals surface area contributed by atoms with Gasteiger partial charge >= 0.3 is 0 Å². The third kappa shape index (κ3) is 3.56. The fourth-order valence-electron chi connectivity index (χ4n) is 1.37. The minimum atomic E-state index is 1.11. The van der Waals surface area contributed by atoms with E-state index < -0.39 is 0 Å². The summed E-state index contributed by atoms with van der Waals surface area (Å²) in [6.45, 7) is 4.43. The standard InChI is InChI=1S/C12H18/c1-11-7-4-3-5-8-12(2)10-6-9-11/h3-4,8-9H,5-7,10H2,1-2H3/b4-3-,11-9-,12-8-. The number of rotatable bonds is 0. The molecule has 1 aliphatic rings. The highest BCUT2D eigenvalue weighted by atomic mass is 14.0. The lowest BCUT2D eigenvalue weighted by Crippen LogP contribution is -1.81. The minimum absolute atomic E-state index is 1.11. The van der Waals surface area contributed by atoms with E-state index in [-0.39, 0.29) is 0 Å². The molecule has 0 atom stereocenters. The molecular formula is C12H18. The summed E-state index contributed by atoms with van der Waals surface area (Å²) in [5.41, 5.74) is 3.02. The first-order chi connectivity index (χ1) is 5.79. The Hall–Kier alpha value is -0.780. The van der Waals surface area contributed by atoms with Gasteiger partial charge in [-0.1, -0.05) is 35.5 Å². The van der Waals surface area contributed by atoms with Crippen LogP contribution >= 0.6 is 0 Å². The van der Waals surface area contributed by atoms with Crippen LogP contribution in [0.15, 0.2) is 35.5 Å². The second kappa shape index (κ2) is 4.97. The van der Waals surface area contributed by atoms with Crippen LogP contribution < -0.4 is 0 Å². The molecule has 0 saturated heterocycles. The van der Waals surface area contributed by atoms with Crippen LogP contribution in [-0.4, -0.2) is 0 Å². The van der Waals surface area contributed by atoms with Crippen molar-refractivity contribution in [1.29, 1.82) is 0 Å². The zero-order valence-corrected chi connectivity index (χ0v) is 8.14. The van der Waals surface area contributed by atoms with Gasteiger partial charge < -0.3 is 0 Å². The van der Waals surface area contributed by atoms with Gasteiger partial charge in [-0.2, -0.15) is 0 Å². The van der Waals surface area contributed by atoms with Crippen molar-refractivity contribution in [3.8, 4) is 0 Å². The van der Waals surface area contributed by atoms with Crippen LogP contribution in [0.5, 0.6) is 0 Å². The van der Waals surface area contributed by atoms with E-state index in [1.165, 1.54) is 24.0 Å². The van der Waals surface area contributed by atoms with Crippen LogP contribution in [0.25, 0.3) is 0 Å². The normalized spacial score (nSPS) is 31.2. The molecule has 0 fully saturated rings. The van der Waals surface area contributed by atoms with E-state index in [9.17, 15) is 0 Å². The Kier molecular flexibility index (Phi) is 3.86. The third-order valence-electron chi connectivity index (χ3n) is 2.24. The molecule has 1 rings (SSSR count). The van der Waals surface area contributed by atoms with Gasteiger partial charge in [-0.25, -0.2) is 0 Å². The molecule has 0 aromatic rings. The molecule has 0 radical (unpaired) electrons. The maximum atomic E-state index is 2.35. The zero-order valence-electron chi connectivity index (χ0n) is 8.14. The lowest BCUT2D eigenvalue weighted by atomic mass is 10.1. The van der Waals surface area contributed by atoms with Crippen molar-refractivity contribution in [2.24, 2.45) is 0 Å². The largest absolute Gasteiger partial charge is 0.0850 e. The molecule has 12 heavy (non-hydrogen) atoms. The van der Waals surface area contributed by atoms with Crippen LogP contribution in [0.3, 0.4) is 0 Å². The summed E-state index contributed by atoms with van der Waals surface area (Å²) in [6, 6.07) is 0. The molecule has 0 N–H and O–H groups in total. The molecule has 1 aliphatic carbocycles. The second-order valence-electron chi connectivity index (χ2n) is 3.55. The Balaban J connectivity index is 2.59. The summed E-state index contributed by atoms with van der Waals surface area (Å²) < 4.78 is 0. The number of hydrogen-bond acceptors (Lipinski definition) is 0. The van der Waals surface area contributed by atoms with E-state index in [1.807, 2.05) is 0 Å². The quantitative estimate of drug-likeness (QED) is 0.472. The van der Waals surface area contributed by atoms with Crippen molar-refractivity contribution in [3.05, 3.63) is 35.5 Å². The Morgan fingerprint density at radius 3 is 2.67 bits per heavy atom. The molecule has 0 heteroatoms. The lowest BCUT2D eigenvalue weighted by Gasteiger charge is -2.01. The molecule has 0 aromatic carbocycles. The zero-order chi connectivity index (χ0) is 8.81. The van der Waals surface area contributed by atoms with Crippen LogP contribution in [-0.2, 0) is 0 Å². The molecular weight excluding hydrogens is 144 g/mol. The predicted molar refractivity (Wildman–Crippen MR) is 55.1 cm³/mol. The lowest BCUT2D eigenvalue weighted by molar-refractivity contribution is 0.946. The highest BCUT2D eigenvalue weighted by Gasteiger charge is 1.91. The van der Waals surface area contributed by atoms with Gasteiger partial charge in [0, 0.05) is 0 Å². The molecule has 0 saturated carbocycles. The van der Waals surface area contributed by atoms with Gasteiger partial charge in [0.1, 0.15) is 0 Å². The topological polar surface area (TPSA) is 0 Å². The van der Waals surface area contributed by atoms with E-state index in [2.05, 4.69) is 38.2 Å². The van der Waals surface area contributed by atoms with Gasteiger partial charge in [0.25, 0.3) is 0 Å². The Labute approximate surface area is 75.7 Å². The molecule has 0 unspecified atom stereocenters. The van der Waals surface area contributed by atoms with Gasteiger partial charge in [-0.15, -0.1) is 0 Å². The first kappa shape index (κ1) is 9.31. The average Bonchev–Trinajstić information content (AvgIpc) is 2.04. The van der Waals surface area contributed by atoms with Gasteiger partial charge in [0.15, 0.2) is 0 Å². The number of allylic oxidation sites excluding steroid dienone is 6. The molecule has 0 aliphatic heterocycles. The summed E-state index contributed by atoms with van der Waals surface area (Å²) >= 11 is 0. The molecule has 0 amide bonds. The van der Waals surface area contributed by atoms with E-state index >= 15 is 0 Å².